The zero-order valence-corrected chi connectivity index (χ0v) is 12.3. The molecule has 0 aliphatic carbocycles. The molecule has 2 rings (SSSR count). The van der Waals surface area contributed by atoms with Crippen molar-refractivity contribution in [3.8, 4) is 10.4 Å². The molecule has 1 aromatic heterocycles. The molecule has 20 heavy (non-hydrogen) atoms. The van der Waals surface area contributed by atoms with E-state index in [4.69, 9.17) is 10.5 Å². The van der Waals surface area contributed by atoms with E-state index >= 15 is 0 Å². The summed E-state index contributed by atoms with van der Waals surface area (Å²) in [6.07, 6.45) is 0. The SMILES string of the molecule is CC(C)(C)OC(=O)c1nc(N)sc1-c1cccc(F)c1. The van der Waals surface area contributed by atoms with Crippen LogP contribution in [0.25, 0.3) is 10.4 Å². The van der Waals surface area contributed by atoms with Crippen LogP contribution in [0.4, 0.5) is 9.52 Å². The van der Waals surface area contributed by atoms with E-state index in [1.54, 1.807) is 32.9 Å². The monoisotopic (exact) mass is 294 g/mol. The second-order valence-corrected chi connectivity index (χ2v) is 6.27. The number of rotatable bonds is 2. The maximum absolute atomic E-state index is 13.3. The number of ether oxygens (including phenoxy) is 1. The van der Waals surface area contributed by atoms with Crippen LogP contribution in [0.15, 0.2) is 24.3 Å². The summed E-state index contributed by atoms with van der Waals surface area (Å²) in [6, 6.07) is 5.94. The summed E-state index contributed by atoms with van der Waals surface area (Å²) in [5, 5.41) is 0.241. The number of esters is 1. The summed E-state index contributed by atoms with van der Waals surface area (Å²) < 4.78 is 18.6. The van der Waals surface area contributed by atoms with Crippen molar-refractivity contribution < 1.29 is 13.9 Å². The fourth-order valence-corrected chi connectivity index (χ4v) is 2.44. The van der Waals surface area contributed by atoms with E-state index in [1.165, 1.54) is 12.1 Å². The van der Waals surface area contributed by atoms with Crippen LogP contribution in [0, 0.1) is 5.82 Å². The van der Waals surface area contributed by atoms with Crippen LogP contribution >= 0.6 is 11.3 Å². The van der Waals surface area contributed by atoms with E-state index < -0.39 is 11.6 Å². The Morgan fingerprint density at radius 2 is 2.10 bits per heavy atom. The minimum Gasteiger partial charge on any atom is -0.455 e. The third kappa shape index (κ3) is 3.33. The molecule has 0 amide bonds. The van der Waals surface area contributed by atoms with Gasteiger partial charge in [-0.25, -0.2) is 14.2 Å². The Morgan fingerprint density at radius 3 is 2.70 bits per heavy atom. The molecule has 0 saturated carbocycles. The van der Waals surface area contributed by atoms with Gasteiger partial charge >= 0.3 is 5.97 Å². The quantitative estimate of drug-likeness (QED) is 0.861. The van der Waals surface area contributed by atoms with E-state index in [1.807, 2.05) is 0 Å². The second kappa shape index (κ2) is 5.20. The number of nitrogens with zero attached hydrogens (tertiary/aromatic N) is 1. The first-order chi connectivity index (χ1) is 9.26. The Kier molecular flexibility index (Phi) is 3.76. The molecule has 0 atom stereocenters. The Labute approximate surface area is 120 Å². The summed E-state index contributed by atoms with van der Waals surface area (Å²) in [5.41, 5.74) is 5.71. The highest BCUT2D eigenvalue weighted by atomic mass is 32.1. The Hall–Kier alpha value is -1.95. The summed E-state index contributed by atoms with van der Waals surface area (Å²) in [7, 11) is 0. The Morgan fingerprint density at radius 1 is 1.40 bits per heavy atom. The number of hydrogen-bond donors (Lipinski definition) is 1. The molecule has 0 radical (unpaired) electrons. The molecular weight excluding hydrogens is 279 g/mol. The van der Waals surface area contributed by atoms with Crippen molar-refractivity contribution in [1.29, 1.82) is 0 Å². The van der Waals surface area contributed by atoms with Crippen LogP contribution in [0.5, 0.6) is 0 Å². The van der Waals surface area contributed by atoms with E-state index in [2.05, 4.69) is 4.98 Å². The van der Waals surface area contributed by atoms with Gasteiger partial charge in [-0.05, 0) is 38.5 Å². The van der Waals surface area contributed by atoms with Crippen molar-refractivity contribution in [3.63, 3.8) is 0 Å². The number of anilines is 1. The minimum absolute atomic E-state index is 0.119. The van der Waals surface area contributed by atoms with E-state index in [0.717, 1.165) is 11.3 Å². The average Bonchev–Trinajstić information content (AvgIpc) is 2.69. The molecule has 0 fully saturated rings. The van der Waals surface area contributed by atoms with Crippen molar-refractivity contribution in [3.05, 3.63) is 35.8 Å². The van der Waals surface area contributed by atoms with Crippen molar-refractivity contribution in [1.82, 2.24) is 4.98 Å². The molecule has 0 bridgehead atoms. The second-order valence-electron chi connectivity index (χ2n) is 5.24. The standard InChI is InChI=1S/C14H15FN2O2S/c1-14(2,3)19-12(18)10-11(20-13(16)17-10)8-5-4-6-9(15)7-8/h4-7H,1-3H3,(H2,16,17). The molecule has 0 aliphatic rings. The molecule has 0 unspecified atom stereocenters. The highest BCUT2D eigenvalue weighted by Crippen LogP contribution is 2.33. The van der Waals surface area contributed by atoms with Crippen molar-refractivity contribution >= 4 is 22.4 Å². The lowest BCUT2D eigenvalue weighted by Crippen LogP contribution is -2.24. The zero-order chi connectivity index (χ0) is 14.9. The topological polar surface area (TPSA) is 65.2 Å². The van der Waals surface area contributed by atoms with Gasteiger partial charge in [-0.3, -0.25) is 0 Å². The molecule has 6 heteroatoms. The van der Waals surface area contributed by atoms with Crippen LogP contribution in [0.3, 0.4) is 0 Å². The van der Waals surface area contributed by atoms with Crippen LogP contribution in [0.2, 0.25) is 0 Å². The fraction of sp³-hybridized carbons (Fsp3) is 0.286. The molecule has 1 heterocycles. The third-order valence-corrected chi connectivity index (χ3v) is 3.26. The van der Waals surface area contributed by atoms with Gasteiger partial charge in [0.05, 0.1) is 4.88 Å². The summed E-state index contributed by atoms with van der Waals surface area (Å²) in [4.78, 5) is 16.6. The molecule has 2 aromatic rings. The van der Waals surface area contributed by atoms with Crippen molar-refractivity contribution in [2.45, 2.75) is 26.4 Å². The first-order valence-corrected chi connectivity index (χ1v) is 6.83. The lowest BCUT2D eigenvalue weighted by atomic mass is 10.1. The highest BCUT2D eigenvalue weighted by Gasteiger charge is 2.24. The maximum atomic E-state index is 13.3. The zero-order valence-electron chi connectivity index (χ0n) is 11.4. The van der Waals surface area contributed by atoms with Gasteiger partial charge in [-0.2, -0.15) is 0 Å². The van der Waals surface area contributed by atoms with Gasteiger partial charge in [0.1, 0.15) is 11.4 Å². The molecule has 2 N–H and O–H groups in total. The molecular formula is C14H15FN2O2S. The number of nitrogens with two attached hydrogens (primary N) is 1. The largest absolute Gasteiger partial charge is 0.455 e. The number of nitrogen functional groups attached to an aromatic ring is 1. The number of halogens is 1. The fourth-order valence-electron chi connectivity index (χ4n) is 1.63. The molecule has 4 nitrogen and oxygen atoms in total. The van der Waals surface area contributed by atoms with Gasteiger partial charge in [-0.15, -0.1) is 0 Å². The molecule has 0 spiro atoms. The van der Waals surface area contributed by atoms with E-state index in [0.29, 0.717) is 10.4 Å². The average molecular weight is 294 g/mol. The minimum atomic E-state index is -0.630. The van der Waals surface area contributed by atoms with Crippen LogP contribution in [0.1, 0.15) is 31.3 Å². The van der Waals surface area contributed by atoms with E-state index in [-0.39, 0.29) is 16.6 Å². The summed E-state index contributed by atoms with van der Waals surface area (Å²) >= 11 is 1.13. The third-order valence-electron chi connectivity index (χ3n) is 2.32. The summed E-state index contributed by atoms with van der Waals surface area (Å²) in [5.74, 6) is -0.950. The normalized spacial score (nSPS) is 11.4. The number of carbonyl (C=O) groups excluding carboxylic acids is 1. The number of hydrogen-bond acceptors (Lipinski definition) is 5. The lowest BCUT2D eigenvalue weighted by Gasteiger charge is -2.19. The van der Waals surface area contributed by atoms with Crippen LogP contribution in [-0.4, -0.2) is 16.6 Å². The number of benzene rings is 1. The van der Waals surface area contributed by atoms with Crippen LogP contribution < -0.4 is 5.73 Å². The van der Waals surface area contributed by atoms with Crippen molar-refractivity contribution in [2.24, 2.45) is 0 Å². The Bertz CT molecular complexity index is 647. The van der Waals surface area contributed by atoms with Crippen molar-refractivity contribution in [2.75, 3.05) is 5.73 Å². The highest BCUT2D eigenvalue weighted by molar-refractivity contribution is 7.19. The number of thiazole rings is 1. The van der Waals surface area contributed by atoms with Gasteiger partial charge in [0.15, 0.2) is 10.8 Å². The van der Waals surface area contributed by atoms with E-state index in [9.17, 15) is 9.18 Å². The van der Waals surface area contributed by atoms with Gasteiger partial charge in [0.2, 0.25) is 0 Å². The molecule has 0 aliphatic heterocycles. The number of carbonyl (C=O) groups is 1. The predicted molar refractivity (Wildman–Crippen MR) is 77.1 cm³/mol. The van der Waals surface area contributed by atoms with Gasteiger partial charge in [0.25, 0.3) is 0 Å². The van der Waals surface area contributed by atoms with Gasteiger partial charge < -0.3 is 10.5 Å². The molecule has 106 valence electrons. The first kappa shape index (κ1) is 14.5. The summed E-state index contributed by atoms with van der Waals surface area (Å²) in [6.45, 7) is 5.30. The smallest absolute Gasteiger partial charge is 0.359 e. The number of aromatic nitrogens is 1. The Balaban J connectivity index is 2.43. The van der Waals surface area contributed by atoms with Gasteiger partial charge in [0, 0.05) is 0 Å². The first-order valence-electron chi connectivity index (χ1n) is 6.02. The van der Waals surface area contributed by atoms with Crippen LogP contribution in [-0.2, 0) is 4.74 Å². The maximum Gasteiger partial charge on any atom is 0.359 e. The predicted octanol–water partition coefficient (Wildman–Crippen LogP) is 3.49. The van der Waals surface area contributed by atoms with Gasteiger partial charge in [-0.1, -0.05) is 23.5 Å². The molecule has 1 aromatic carbocycles. The lowest BCUT2D eigenvalue weighted by molar-refractivity contribution is 0.00647. The molecule has 0 saturated heterocycles.